The molecule has 2 aromatic carbocycles. The van der Waals surface area contributed by atoms with Gasteiger partial charge in [-0.2, -0.15) is 4.98 Å². The van der Waals surface area contributed by atoms with Crippen molar-refractivity contribution in [3.63, 3.8) is 0 Å². The fourth-order valence-corrected chi connectivity index (χ4v) is 3.65. The lowest BCUT2D eigenvalue weighted by Gasteiger charge is -2.21. The van der Waals surface area contributed by atoms with Crippen LogP contribution >= 0.6 is 0 Å². The van der Waals surface area contributed by atoms with Crippen LogP contribution in [-0.4, -0.2) is 56.1 Å². The van der Waals surface area contributed by atoms with Crippen LogP contribution in [0.1, 0.15) is 12.8 Å². The van der Waals surface area contributed by atoms with E-state index in [4.69, 9.17) is 14.2 Å². The molecule has 0 aliphatic carbocycles. The van der Waals surface area contributed by atoms with Crippen LogP contribution in [0.15, 0.2) is 54.7 Å². The maximum Gasteiger partial charge on any atom is 0.247 e. The molecule has 1 atom stereocenters. The van der Waals surface area contributed by atoms with E-state index in [1.807, 2.05) is 48.5 Å². The molecule has 1 saturated heterocycles. The Morgan fingerprint density at radius 2 is 1.66 bits per heavy atom. The third-order valence-corrected chi connectivity index (χ3v) is 5.57. The van der Waals surface area contributed by atoms with Crippen LogP contribution in [0.4, 0.5) is 17.3 Å². The highest BCUT2D eigenvalue weighted by Gasteiger charge is 2.21. The van der Waals surface area contributed by atoms with Gasteiger partial charge in [0.05, 0.1) is 20.4 Å². The number of nitrogens with one attached hydrogen (secondary N) is 2. The van der Waals surface area contributed by atoms with Crippen molar-refractivity contribution in [2.24, 2.45) is 0 Å². The molecule has 2 heterocycles. The molecule has 1 aliphatic heterocycles. The lowest BCUT2D eigenvalue weighted by molar-refractivity contribution is 0.412. The molecule has 0 bridgehead atoms. The number of rotatable bonds is 9. The van der Waals surface area contributed by atoms with Crippen molar-refractivity contribution in [1.82, 2.24) is 14.8 Å². The number of hydrogen-bond acceptors (Lipinski definition) is 8. The lowest BCUT2D eigenvalue weighted by atomic mass is 10.2. The summed E-state index contributed by atoms with van der Waals surface area (Å²) in [5, 5.41) is 6.69. The van der Waals surface area contributed by atoms with E-state index in [0.717, 1.165) is 36.0 Å². The molecule has 1 aliphatic rings. The smallest absolute Gasteiger partial charge is 0.247 e. The highest BCUT2D eigenvalue weighted by Crippen LogP contribution is 2.30. The molecule has 9 heteroatoms. The zero-order valence-corrected chi connectivity index (χ0v) is 18.7. The largest absolute Gasteiger partial charge is 0.497 e. The van der Waals surface area contributed by atoms with Crippen LogP contribution in [0.5, 0.6) is 23.1 Å². The summed E-state index contributed by atoms with van der Waals surface area (Å²) in [6, 6.07) is 15.5. The maximum atomic E-state index is 6.12. The predicted molar refractivity (Wildman–Crippen MR) is 128 cm³/mol. The molecule has 2 N–H and O–H groups in total. The first kappa shape index (κ1) is 21.8. The fraction of sp³-hybridized carbons (Fsp3) is 0.304. The van der Waals surface area contributed by atoms with Gasteiger partial charge in [0.1, 0.15) is 22.9 Å². The van der Waals surface area contributed by atoms with Crippen molar-refractivity contribution in [2.45, 2.75) is 18.9 Å². The van der Waals surface area contributed by atoms with Gasteiger partial charge in [-0.15, -0.1) is 0 Å². The molecule has 1 aromatic heterocycles. The first-order chi connectivity index (χ1) is 15.6. The molecule has 0 saturated carbocycles. The first-order valence-corrected chi connectivity index (χ1v) is 10.7. The van der Waals surface area contributed by atoms with Gasteiger partial charge >= 0.3 is 0 Å². The lowest BCUT2D eigenvalue weighted by Crippen LogP contribution is -2.32. The van der Waals surface area contributed by atoms with E-state index in [-0.39, 0.29) is 0 Å². The summed E-state index contributed by atoms with van der Waals surface area (Å²) in [6.45, 7) is 1.94. The van der Waals surface area contributed by atoms with E-state index in [0.29, 0.717) is 23.6 Å². The van der Waals surface area contributed by atoms with Crippen molar-refractivity contribution in [1.29, 1.82) is 0 Å². The molecule has 0 amide bonds. The van der Waals surface area contributed by atoms with Crippen LogP contribution in [0, 0.1) is 0 Å². The monoisotopic (exact) mass is 433 g/mol. The van der Waals surface area contributed by atoms with Crippen molar-refractivity contribution in [3.05, 3.63) is 54.7 Å². The minimum absolute atomic E-state index is 0.446. The second-order valence-electron chi connectivity index (χ2n) is 7.70. The Bertz CT molecular complexity index is 1020. The van der Waals surface area contributed by atoms with Gasteiger partial charge in [0.2, 0.25) is 11.8 Å². The van der Waals surface area contributed by atoms with Crippen molar-refractivity contribution < 1.29 is 14.2 Å². The number of aromatic nitrogens is 2. The fourth-order valence-electron chi connectivity index (χ4n) is 3.65. The summed E-state index contributed by atoms with van der Waals surface area (Å²) in [5.41, 5.74) is 1.61. The van der Waals surface area contributed by atoms with Gasteiger partial charge in [0.15, 0.2) is 7.98 Å². The summed E-state index contributed by atoms with van der Waals surface area (Å²) < 4.78 is 16.6. The molecular weight excluding hydrogens is 405 g/mol. The normalized spacial score (nSPS) is 15.9. The van der Waals surface area contributed by atoms with Crippen molar-refractivity contribution >= 4 is 25.3 Å². The molecule has 0 unspecified atom stereocenters. The van der Waals surface area contributed by atoms with Crippen LogP contribution in [0.2, 0.25) is 0 Å². The quantitative estimate of drug-likeness (QED) is 0.497. The van der Waals surface area contributed by atoms with Crippen molar-refractivity contribution in [2.75, 3.05) is 37.9 Å². The van der Waals surface area contributed by atoms with E-state index < -0.39 is 0 Å². The number of ether oxygens (including phenoxy) is 3. The Labute approximate surface area is 189 Å². The molecule has 0 radical (unpaired) electrons. The van der Waals surface area contributed by atoms with E-state index in [1.165, 1.54) is 12.8 Å². The predicted octanol–water partition coefficient (Wildman–Crippen LogP) is 3.45. The summed E-state index contributed by atoms with van der Waals surface area (Å²) in [7, 11) is 5.44. The summed E-state index contributed by atoms with van der Waals surface area (Å²) in [4.78, 5) is 11.5. The highest BCUT2D eigenvalue weighted by molar-refractivity contribution is 6.04. The van der Waals surface area contributed by atoms with Crippen molar-refractivity contribution in [3.8, 4) is 23.1 Å². The third-order valence-electron chi connectivity index (χ3n) is 5.57. The van der Waals surface area contributed by atoms with E-state index in [2.05, 4.69) is 33.4 Å². The second-order valence-corrected chi connectivity index (χ2v) is 7.70. The second kappa shape index (κ2) is 10.2. The van der Waals surface area contributed by atoms with Gasteiger partial charge in [-0.25, -0.2) is 4.98 Å². The first-order valence-electron chi connectivity index (χ1n) is 10.7. The summed E-state index contributed by atoms with van der Waals surface area (Å²) in [6.07, 6.45) is 4.15. The molecule has 166 valence electrons. The average Bonchev–Trinajstić information content (AvgIpc) is 3.24. The molecule has 4 rings (SSSR count). The van der Waals surface area contributed by atoms with Gasteiger partial charge in [-0.05, 0) is 67.9 Å². The molecule has 0 spiro atoms. The van der Waals surface area contributed by atoms with Crippen LogP contribution < -0.4 is 24.8 Å². The third kappa shape index (κ3) is 5.42. The SMILES string of the molecule is BN1CCC[C@H]1CNc1cnc(Nc2ccc(OC)cc2)nc1Oc1ccc(OC)cc1. The minimum atomic E-state index is 0.446. The Balaban J connectivity index is 1.54. The Kier molecular flexibility index (Phi) is 6.96. The average molecular weight is 433 g/mol. The number of benzene rings is 2. The van der Waals surface area contributed by atoms with E-state index in [1.54, 1.807) is 20.4 Å². The minimum Gasteiger partial charge on any atom is -0.497 e. The zero-order valence-electron chi connectivity index (χ0n) is 18.7. The molecule has 8 nitrogen and oxygen atoms in total. The molecule has 1 fully saturated rings. The molecular formula is C23H28BN5O3. The van der Waals surface area contributed by atoms with E-state index in [9.17, 15) is 0 Å². The van der Waals surface area contributed by atoms with Crippen LogP contribution in [0.25, 0.3) is 0 Å². The highest BCUT2D eigenvalue weighted by atomic mass is 16.5. The summed E-state index contributed by atoms with van der Waals surface area (Å²) >= 11 is 0. The van der Waals surface area contributed by atoms with Gasteiger partial charge in [-0.1, -0.05) is 0 Å². The maximum absolute atomic E-state index is 6.12. The Hall–Kier alpha value is -3.46. The van der Waals surface area contributed by atoms with Gasteiger partial charge in [-0.3, -0.25) is 0 Å². The van der Waals surface area contributed by atoms with Crippen LogP contribution in [-0.2, 0) is 0 Å². The number of methoxy groups -OCH3 is 2. The summed E-state index contributed by atoms with van der Waals surface area (Å²) in [5.74, 6) is 3.13. The number of hydrogen-bond donors (Lipinski definition) is 2. The Morgan fingerprint density at radius 3 is 2.28 bits per heavy atom. The zero-order chi connectivity index (χ0) is 22.3. The van der Waals surface area contributed by atoms with Gasteiger partial charge < -0.3 is 29.7 Å². The van der Waals surface area contributed by atoms with Crippen LogP contribution in [0.3, 0.4) is 0 Å². The Morgan fingerprint density at radius 1 is 1.00 bits per heavy atom. The number of nitrogens with zero attached hydrogens (tertiary/aromatic N) is 3. The topological polar surface area (TPSA) is 80.8 Å². The van der Waals surface area contributed by atoms with Gasteiger partial charge in [0, 0.05) is 18.3 Å². The molecule has 3 aromatic rings. The number of anilines is 3. The standard InChI is InChI=1S/C23H28BN5O3/c1-30-18-7-5-16(6-8-18)27-23-26-15-21(25-14-17-4-3-13-29(17)24)22(28-23)32-20-11-9-19(31-2)10-12-20/h5-12,15,17,25H,3-4,13-14,24H2,1-2H3,(H,26,27,28)/t17-/m0/s1. The molecule has 32 heavy (non-hydrogen) atoms. The van der Waals surface area contributed by atoms with Gasteiger partial charge in [0.25, 0.3) is 0 Å². The van der Waals surface area contributed by atoms with E-state index >= 15 is 0 Å².